The van der Waals surface area contributed by atoms with Crippen LogP contribution in [0.25, 0.3) is 138 Å². The average Bonchev–Trinajstić information content (AvgIpc) is 4.10. The highest BCUT2D eigenvalue weighted by Crippen LogP contribution is 2.45. The van der Waals surface area contributed by atoms with Crippen LogP contribution in [0.5, 0.6) is 0 Å². The Morgan fingerprint density at radius 1 is 0.247 bits per heavy atom. The summed E-state index contributed by atoms with van der Waals surface area (Å²) in [7, 11) is 0. The Kier molecular flexibility index (Phi) is 9.19. The van der Waals surface area contributed by atoms with Gasteiger partial charge in [0.1, 0.15) is 0 Å². The van der Waals surface area contributed by atoms with Crippen LogP contribution in [0.15, 0.2) is 261 Å². The van der Waals surface area contributed by atoms with Crippen LogP contribution >= 0.6 is 0 Å². The number of hydrogen-bond donors (Lipinski definition) is 0. The van der Waals surface area contributed by atoms with Gasteiger partial charge in [-0.1, -0.05) is 206 Å². The van der Waals surface area contributed by atoms with Gasteiger partial charge in [0, 0.05) is 49.0 Å². The molecule has 73 heavy (non-hydrogen) atoms. The highest BCUT2D eigenvalue weighted by molar-refractivity contribution is 6.14. The highest BCUT2D eigenvalue weighted by Gasteiger charge is 2.27. The molecular formula is C68H43N5. The monoisotopic (exact) mass is 929 g/mol. The van der Waals surface area contributed by atoms with Crippen LogP contribution < -0.4 is 0 Å². The maximum absolute atomic E-state index is 5.55. The Hall–Kier alpha value is -9.84. The minimum atomic E-state index is 0.662. The molecule has 0 aliphatic carbocycles. The topological polar surface area (TPSA) is 40.6 Å². The summed E-state index contributed by atoms with van der Waals surface area (Å²) >= 11 is 0. The molecule has 0 saturated heterocycles. The van der Waals surface area contributed by atoms with E-state index in [2.05, 4.69) is 268 Å². The average molecular weight is 930 g/mol. The molecule has 5 nitrogen and oxygen atoms in total. The minimum absolute atomic E-state index is 0.662. The van der Waals surface area contributed by atoms with E-state index < -0.39 is 0 Å². The van der Waals surface area contributed by atoms with E-state index in [1.165, 1.54) is 48.7 Å². The van der Waals surface area contributed by atoms with Crippen LogP contribution in [-0.4, -0.2) is 23.7 Å². The maximum Gasteiger partial charge on any atom is 0.160 e. The lowest BCUT2D eigenvalue weighted by Gasteiger charge is -2.23. The van der Waals surface area contributed by atoms with Crippen molar-refractivity contribution < 1.29 is 0 Å². The molecule has 0 radical (unpaired) electrons. The Bertz CT molecular complexity index is 4370. The Morgan fingerprint density at radius 2 is 0.616 bits per heavy atom. The molecule has 0 bridgehead atoms. The molecule has 0 N–H and O–H groups in total. The zero-order valence-electron chi connectivity index (χ0n) is 39.6. The molecule has 0 saturated carbocycles. The van der Waals surface area contributed by atoms with Crippen molar-refractivity contribution in [2.24, 2.45) is 0 Å². The van der Waals surface area contributed by atoms with E-state index >= 15 is 0 Å². The Morgan fingerprint density at radius 3 is 1.10 bits per heavy atom. The van der Waals surface area contributed by atoms with Gasteiger partial charge in [-0.2, -0.15) is 0 Å². The van der Waals surface area contributed by atoms with E-state index in [0.29, 0.717) is 5.82 Å². The van der Waals surface area contributed by atoms with Gasteiger partial charge >= 0.3 is 0 Å². The van der Waals surface area contributed by atoms with Gasteiger partial charge < -0.3 is 13.7 Å². The van der Waals surface area contributed by atoms with Gasteiger partial charge in [0.15, 0.2) is 5.82 Å². The molecule has 340 valence electrons. The summed E-state index contributed by atoms with van der Waals surface area (Å²) in [4.78, 5) is 10.9. The lowest BCUT2D eigenvalue weighted by atomic mass is 9.97. The normalized spacial score (nSPS) is 11.8. The quantitative estimate of drug-likeness (QED) is 0.160. The SMILES string of the molecule is c1ccc(-c2nc(-c3ccc(-c4cccc5ccccc45)cc3)cc(-c3cc(-n4c5ccccc5c5ccccc54)c(-n4c5ccccc5c5ccccc54)c(-n4c5ccccc5c5ccccc54)c3)n2)cc1. The molecule has 5 heteroatoms. The molecule has 0 amide bonds. The van der Waals surface area contributed by atoms with Gasteiger partial charge in [-0.25, -0.2) is 9.97 Å². The molecule has 0 unspecified atom stereocenters. The number of fused-ring (bicyclic) bond motifs is 10. The zero-order chi connectivity index (χ0) is 48.0. The fraction of sp³-hybridized carbons (Fsp3) is 0. The van der Waals surface area contributed by atoms with E-state index in [1.54, 1.807) is 0 Å². The number of hydrogen-bond acceptors (Lipinski definition) is 2. The van der Waals surface area contributed by atoms with E-state index in [9.17, 15) is 0 Å². The zero-order valence-corrected chi connectivity index (χ0v) is 39.6. The lowest BCUT2D eigenvalue weighted by Crippen LogP contribution is -2.10. The summed E-state index contributed by atoms with van der Waals surface area (Å²) in [6.45, 7) is 0. The van der Waals surface area contributed by atoms with Crippen molar-refractivity contribution in [1.82, 2.24) is 23.7 Å². The number of rotatable bonds is 7. The molecule has 0 aliphatic heterocycles. The first-order valence-corrected chi connectivity index (χ1v) is 24.9. The van der Waals surface area contributed by atoms with E-state index in [1.807, 2.05) is 6.07 Å². The van der Waals surface area contributed by atoms with Crippen LogP contribution in [0.2, 0.25) is 0 Å². The summed E-state index contributed by atoms with van der Waals surface area (Å²) in [5.41, 5.74) is 16.8. The first kappa shape index (κ1) is 41.0. The minimum Gasteiger partial charge on any atom is -0.307 e. The highest BCUT2D eigenvalue weighted by atomic mass is 15.1. The third kappa shape index (κ3) is 6.42. The maximum atomic E-state index is 5.55. The molecule has 15 aromatic rings. The van der Waals surface area contributed by atoms with E-state index in [4.69, 9.17) is 9.97 Å². The fourth-order valence-corrected chi connectivity index (χ4v) is 11.6. The van der Waals surface area contributed by atoms with Crippen molar-refractivity contribution in [1.29, 1.82) is 0 Å². The van der Waals surface area contributed by atoms with E-state index in [-0.39, 0.29) is 0 Å². The number of benzene rings is 11. The molecule has 0 spiro atoms. The van der Waals surface area contributed by atoms with Crippen molar-refractivity contribution >= 4 is 76.2 Å². The Balaban J connectivity index is 1.08. The fourth-order valence-electron chi connectivity index (χ4n) is 11.6. The van der Waals surface area contributed by atoms with Gasteiger partial charge in [0.05, 0.1) is 61.6 Å². The molecule has 0 fully saturated rings. The van der Waals surface area contributed by atoms with Crippen LogP contribution in [0, 0.1) is 0 Å². The third-order valence-corrected chi connectivity index (χ3v) is 14.9. The van der Waals surface area contributed by atoms with Crippen LogP contribution in [0.4, 0.5) is 0 Å². The van der Waals surface area contributed by atoms with Gasteiger partial charge in [0.2, 0.25) is 0 Å². The molecule has 15 rings (SSSR count). The standard InChI is InChI=1S/C68H43N5/c1-2-20-47(21-3-1)68-69-57(46-39-37-45(38-40-46)50-30-18-22-44-19-4-5-23-49(44)50)43-58(70-68)48-41-65(71-59-31-12-6-24-51(59)52-25-7-13-32-60(52)71)67(73-63-35-16-10-28-55(63)56-29-11-17-36-64(56)73)66(42-48)72-61-33-14-8-26-53(61)54-27-9-15-34-62(54)72/h1-43H. The molecule has 11 aromatic carbocycles. The molecule has 0 aliphatic rings. The van der Waals surface area contributed by atoms with Crippen molar-refractivity contribution in [3.8, 4) is 62.1 Å². The van der Waals surface area contributed by atoms with Gasteiger partial charge in [-0.15, -0.1) is 0 Å². The van der Waals surface area contributed by atoms with Crippen molar-refractivity contribution in [2.45, 2.75) is 0 Å². The number of aromatic nitrogens is 5. The molecule has 4 heterocycles. The second-order valence-corrected chi connectivity index (χ2v) is 18.9. The largest absolute Gasteiger partial charge is 0.307 e. The van der Waals surface area contributed by atoms with E-state index in [0.717, 1.165) is 83.8 Å². The van der Waals surface area contributed by atoms with Gasteiger partial charge in [-0.3, -0.25) is 0 Å². The number of para-hydroxylation sites is 6. The smallest absolute Gasteiger partial charge is 0.160 e. The second-order valence-electron chi connectivity index (χ2n) is 18.9. The van der Waals surface area contributed by atoms with Gasteiger partial charge in [0.25, 0.3) is 0 Å². The summed E-state index contributed by atoms with van der Waals surface area (Å²) in [6.07, 6.45) is 0. The lowest BCUT2D eigenvalue weighted by molar-refractivity contribution is 1.05. The Labute approximate surface area is 420 Å². The van der Waals surface area contributed by atoms with Gasteiger partial charge in [-0.05, 0) is 76.5 Å². The van der Waals surface area contributed by atoms with Crippen LogP contribution in [-0.2, 0) is 0 Å². The summed E-state index contributed by atoms with van der Waals surface area (Å²) in [6, 6.07) is 94.2. The van der Waals surface area contributed by atoms with Crippen molar-refractivity contribution in [3.63, 3.8) is 0 Å². The summed E-state index contributed by atoms with van der Waals surface area (Å²) in [5.74, 6) is 0.662. The first-order chi connectivity index (χ1) is 36.2. The predicted molar refractivity (Wildman–Crippen MR) is 304 cm³/mol. The summed E-state index contributed by atoms with van der Waals surface area (Å²) in [5, 5.41) is 9.62. The number of nitrogens with zero attached hydrogens (tertiary/aromatic N) is 5. The predicted octanol–water partition coefficient (Wildman–Crippen LogP) is 17.6. The van der Waals surface area contributed by atoms with Crippen LogP contribution in [0.3, 0.4) is 0 Å². The van der Waals surface area contributed by atoms with Crippen molar-refractivity contribution in [3.05, 3.63) is 261 Å². The first-order valence-electron chi connectivity index (χ1n) is 24.9. The van der Waals surface area contributed by atoms with Crippen molar-refractivity contribution in [2.75, 3.05) is 0 Å². The summed E-state index contributed by atoms with van der Waals surface area (Å²) < 4.78 is 7.47. The van der Waals surface area contributed by atoms with Crippen LogP contribution in [0.1, 0.15) is 0 Å². The molecular weight excluding hydrogens is 887 g/mol. The second kappa shape index (κ2) is 16.4. The molecule has 0 atom stereocenters. The molecule has 4 aromatic heterocycles. The third-order valence-electron chi connectivity index (χ3n) is 14.9.